The second-order valence-electron chi connectivity index (χ2n) is 6.84. The van der Waals surface area contributed by atoms with Gasteiger partial charge in [0.1, 0.15) is 0 Å². The fraction of sp³-hybridized carbons (Fsp3) is 0.130. The van der Waals surface area contributed by atoms with Gasteiger partial charge in [-0.05, 0) is 33.7 Å². The smallest absolute Gasteiger partial charge is 0.175 e. The Morgan fingerprint density at radius 1 is 0.630 bits per heavy atom. The minimum Gasteiger partial charge on any atom is -0.308 e. The zero-order valence-corrected chi connectivity index (χ0v) is 16.6. The Bertz CT molecular complexity index is 1280. The normalized spacial score (nSPS) is 11.7. The first-order valence-corrected chi connectivity index (χ1v) is 10.2. The first-order chi connectivity index (χ1) is 13.2. The largest absolute Gasteiger partial charge is 0.308 e. The van der Waals surface area contributed by atoms with Gasteiger partial charge in [0.15, 0.2) is 8.08 Å². The van der Waals surface area contributed by atoms with Gasteiger partial charge < -0.3 is 4.52 Å². The van der Waals surface area contributed by atoms with E-state index in [9.17, 15) is 0 Å². The van der Waals surface area contributed by atoms with Crippen molar-refractivity contribution in [1.29, 1.82) is 0 Å². The molecule has 0 N–H and O–H groups in total. The third-order valence-electron chi connectivity index (χ3n) is 5.44. The Hall–Kier alpha value is -2.74. The lowest BCUT2D eigenvalue weighted by Gasteiger charge is -2.11. The Kier molecular flexibility index (Phi) is 3.75. The summed E-state index contributed by atoms with van der Waals surface area (Å²) in [6, 6.07) is 26.2. The van der Waals surface area contributed by atoms with Crippen molar-refractivity contribution in [3.63, 3.8) is 0 Å². The van der Waals surface area contributed by atoms with Crippen LogP contribution < -0.4 is 4.52 Å². The van der Waals surface area contributed by atoms with Crippen molar-refractivity contribution >= 4 is 51.4 Å². The van der Waals surface area contributed by atoms with E-state index in [0.29, 0.717) is 0 Å². The van der Waals surface area contributed by atoms with Gasteiger partial charge in [0, 0.05) is 32.0 Å². The van der Waals surface area contributed by atoms with E-state index in [1.54, 1.807) is 7.11 Å². The second-order valence-corrected chi connectivity index (χ2v) is 8.91. The van der Waals surface area contributed by atoms with Crippen LogP contribution in [0.1, 0.15) is 0 Å². The molecule has 0 aliphatic rings. The molecule has 27 heavy (non-hydrogen) atoms. The zero-order chi connectivity index (χ0) is 18.5. The van der Waals surface area contributed by atoms with Crippen molar-refractivity contribution in [2.75, 3.05) is 7.11 Å². The zero-order valence-electron chi connectivity index (χ0n) is 15.7. The van der Waals surface area contributed by atoms with Gasteiger partial charge in [-0.15, -0.1) is 0 Å². The molecular weight excluding hydrogens is 351 g/mol. The summed E-state index contributed by atoms with van der Waals surface area (Å²) in [7, 11) is 5.13. The van der Waals surface area contributed by atoms with Gasteiger partial charge in [-0.25, -0.2) is 0 Å². The summed E-state index contributed by atoms with van der Waals surface area (Å²) in [5.74, 6) is 0. The maximum Gasteiger partial charge on any atom is 0.175 e. The Labute approximate surface area is 159 Å². The van der Waals surface area contributed by atoms with Crippen molar-refractivity contribution < 1.29 is 4.52 Å². The maximum absolute atomic E-state index is 5.95. The molecule has 5 rings (SSSR count). The fourth-order valence-electron chi connectivity index (χ4n) is 4.22. The number of fused-ring (bicyclic) bond motifs is 7. The molecule has 0 saturated carbocycles. The Morgan fingerprint density at radius 3 is 1.52 bits per heavy atom. The molecule has 0 unspecified atom stereocenters. The van der Waals surface area contributed by atoms with Gasteiger partial charge in [-0.1, -0.05) is 60.7 Å². The van der Waals surface area contributed by atoms with Crippen LogP contribution in [-0.4, -0.2) is 15.8 Å². The molecule has 0 aliphatic heterocycles. The molecule has 4 heteroatoms. The lowest BCUT2D eigenvalue weighted by atomic mass is 9.98. The van der Waals surface area contributed by atoms with Crippen LogP contribution in [0.2, 0.25) is 0 Å². The minimum atomic E-state index is -0.936. The van der Waals surface area contributed by atoms with E-state index in [2.05, 4.69) is 95.6 Å². The Balaban J connectivity index is 2.27. The highest BCUT2D eigenvalue weighted by Gasteiger charge is 2.13. The van der Waals surface area contributed by atoms with Crippen molar-refractivity contribution in [2.24, 2.45) is 14.1 Å². The van der Waals surface area contributed by atoms with Gasteiger partial charge >= 0.3 is 0 Å². The fourth-order valence-corrected chi connectivity index (χ4v) is 5.81. The van der Waals surface area contributed by atoms with Crippen LogP contribution in [0.4, 0.5) is 0 Å². The number of aromatic nitrogens is 2. The highest BCUT2D eigenvalue weighted by atomic mass is 31.1. The van der Waals surface area contributed by atoms with Gasteiger partial charge in [-0.2, -0.15) is 0 Å². The van der Waals surface area contributed by atoms with Crippen LogP contribution in [0.25, 0.3) is 43.4 Å². The van der Waals surface area contributed by atoms with Crippen molar-refractivity contribution in [1.82, 2.24) is 8.66 Å². The predicted molar refractivity (Wildman–Crippen MR) is 117 cm³/mol. The van der Waals surface area contributed by atoms with E-state index in [1.807, 2.05) is 0 Å². The second kappa shape index (κ2) is 6.16. The molecular formula is C23H21N2OP. The number of hydrogen-bond donors (Lipinski definition) is 0. The van der Waals surface area contributed by atoms with E-state index in [1.165, 1.54) is 43.4 Å². The molecule has 5 aromatic rings. The van der Waals surface area contributed by atoms with Gasteiger partial charge in [-0.3, -0.25) is 8.66 Å². The molecule has 0 atom stereocenters. The van der Waals surface area contributed by atoms with Crippen molar-refractivity contribution in [3.05, 3.63) is 72.8 Å². The molecule has 134 valence electrons. The van der Waals surface area contributed by atoms with E-state index < -0.39 is 8.08 Å². The molecule has 0 saturated heterocycles. The molecule has 0 amide bonds. The van der Waals surface area contributed by atoms with Gasteiger partial charge in [0.05, 0.1) is 11.0 Å². The summed E-state index contributed by atoms with van der Waals surface area (Å²) in [4.78, 5) is 0. The number of nitrogens with zero attached hydrogens (tertiary/aromatic N) is 2. The van der Waals surface area contributed by atoms with Crippen LogP contribution in [0, 0.1) is 0 Å². The third-order valence-corrected chi connectivity index (χ3v) is 7.22. The van der Waals surface area contributed by atoms with Gasteiger partial charge in [0.25, 0.3) is 0 Å². The molecule has 3 nitrogen and oxygen atoms in total. The summed E-state index contributed by atoms with van der Waals surface area (Å²) in [5, 5.41) is 7.65. The molecule has 0 aliphatic carbocycles. The van der Waals surface area contributed by atoms with Crippen LogP contribution >= 0.6 is 8.08 Å². The molecule has 0 fully saturated rings. The average molecular weight is 372 g/mol. The minimum absolute atomic E-state index is 0.936. The monoisotopic (exact) mass is 372 g/mol. The lowest BCUT2D eigenvalue weighted by molar-refractivity contribution is 0.531. The lowest BCUT2D eigenvalue weighted by Crippen LogP contribution is -1.99. The summed E-state index contributed by atoms with van der Waals surface area (Å²) in [6.07, 6.45) is 0. The first-order valence-electron chi connectivity index (χ1n) is 9.06. The molecule has 1 heterocycles. The average Bonchev–Trinajstić information content (AvgIpc) is 2.81. The number of benzene rings is 4. The Morgan fingerprint density at radius 2 is 1.07 bits per heavy atom. The third kappa shape index (κ3) is 2.32. The number of rotatable bonds is 1. The summed E-state index contributed by atoms with van der Waals surface area (Å²) < 4.78 is 10.5. The molecule has 0 radical (unpaired) electrons. The van der Waals surface area contributed by atoms with E-state index in [-0.39, 0.29) is 0 Å². The van der Waals surface area contributed by atoms with E-state index in [0.717, 1.165) is 0 Å². The van der Waals surface area contributed by atoms with Crippen LogP contribution in [0.5, 0.6) is 0 Å². The molecule has 0 bridgehead atoms. The molecule has 0 spiro atoms. The molecule has 1 aromatic heterocycles. The van der Waals surface area contributed by atoms with Gasteiger partial charge in [0.2, 0.25) is 0 Å². The standard InChI is InChI=1S/C23H21N2OP/c1-24-20-14-12-16-8-4-6-10-18(16)22(20)23-19-11-7-5-9-17(19)13-15-21(23)25(2)27(24)26-3/h4-15H,1-3H3. The van der Waals surface area contributed by atoms with Crippen molar-refractivity contribution in [2.45, 2.75) is 0 Å². The van der Waals surface area contributed by atoms with E-state index >= 15 is 0 Å². The SMILES string of the molecule is COp1n(C)c2ccc3ccccc3c2c2c3ccccc3ccc2n1C. The number of aryl methyl sites for hydroxylation is 2. The van der Waals surface area contributed by atoms with Crippen LogP contribution in [-0.2, 0) is 14.1 Å². The highest BCUT2D eigenvalue weighted by Crippen LogP contribution is 2.39. The highest BCUT2D eigenvalue weighted by molar-refractivity contribution is 7.37. The van der Waals surface area contributed by atoms with E-state index in [4.69, 9.17) is 4.52 Å². The predicted octanol–water partition coefficient (Wildman–Crippen LogP) is 6.15. The maximum atomic E-state index is 5.95. The molecule has 4 aromatic carbocycles. The first kappa shape index (κ1) is 16.4. The number of hydrogen-bond acceptors (Lipinski definition) is 1. The quantitative estimate of drug-likeness (QED) is 0.345. The summed E-state index contributed by atoms with van der Waals surface area (Å²) in [5.41, 5.74) is 2.42. The topological polar surface area (TPSA) is 19.1 Å². The van der Waals surface area contributed by atoms with Crippen LogP contribution in [0.15, 0.2) is 72.8 Å². The van der Waals surface area contributed by atoms with Crippen LogP contribution in [0.3, 0.4) is 0 Å². The summed E-state index contributed by atoms with van der Waals surface area (Å²) >= 11 is 0. The summed E-state index contributed by atoms with van der Waals surface area (Å²) in [6.45, 7) is 0. The van der Waals surface area contributed by atoms with Crippen molar-refractivity contribution in [3.8, 4) is 0 Å².